The van der Waals surface area contributed by atoms with Gasteiger partial charge in [0, 0.05) is 34.3 Å². The Hall–Kier alpha value is -3.94. The molecule has 31 heavy (non-hydrogen) atoms. The van der Waals surface area contributed by atoms with Crippen molar-refractivity contribution < 1.29 is 14.3 Å². The van der Waals surface area contributed by atoms with Crippen LogP contribution in [0.1, 0.15) is 36.8 Å². The lowest BCUT2D eigenvalue weighted by molar-refractivity contribution is 0.0635. The first-order chi connectivity index (χ1) is 14.6. The van der Waals surface area contributed by atoms with Crippen LogP contribution in [0.4, 0.5) is 16.2 Å². The Labute approximate surface area is 179 Å². The van der Waals surface area contributed by atoms with Crippen LogP contribution in [0.3, 0.4) is 0 Å². The number of aromatic nitrogens is 2. The second-order valence-corrected chi connectivity index (χ2v) is 7.98. The number of rotatable bonds is 4. The van der Waals surface area contributed by atoms with Gasteiger partial charge >= 0.3 is 6.09 Å². The molecule has 3 rings (SSSR count). The summed E-state index contributed by atoms with van der Waals surface area (Å²) < 4.78 is 5.23. The number of aromatic amines is 1. The second kappa shape index (κ2) is 8.83. The molecule has 0 fully saturated rings. The number of carbonyl (C=O) groups excluding carboxylic acids is 2. The van der Waals surface area contributed by atoms with Crippen LogP contribution in [-0.4, -0.2) is 27.6 Å². The summed E-state index contributed by atoms with van der Waals surface area (Å²) in [5, 5.41) is 5.43. The van der Waals surface area contributed by atoms with Crippen molar-refractivity contribution in [3.05, 3.63) is 76.2 Å². The first kappa shape index (κ1) is 21.8. The third kappa shape index (κ3) is 6.27. The van der Waals surface area contributed by atoms with Crippen LogP contribution in [0, 0.1) is 6.92 Å². The molecule has 3 N–H and O–H groups in total. The van der Waals surface area contributed by atoms with E-state index >= 15 is 0 Å². The van der Waals surface area contributed by atoms with Crippen molar-refractivity contribution in [2.75, 3.05) is 10.6 Å². The topological polar surface area (TPSA) is 113 Å². The number of carbonyl (C=O) groups is 2. The number of aryl methyl sites for hydroxylation is 1. The van der Waals surface area contributed by atoms with Crippen molar-refractivity contribution in [2.24, 2.45) is 0 Å². The van der Waals surface area contributed by atoms with Gasteiger partial charge in [0.1, 0.15) is 11.4 Å². The average Bonchev–Trinajstić information content (AvgIpc) is 2.66. The molecular weight excluding hydrogens is 396 g/mol. The highest BCUT2D eigenvalue weighted by Crippen LogP contribution is 2.20. The number of benzene rings is 2. The van der Waals surface area contributed by atoms with E-state index < -0.39 is 11.7 Å². The summed E-state index contributed by atoms with van der Waals surface area (Å²) in [6.07, 6.45) is -0.600. The SMILES string of the molecule is Cc1cc(=O)[nH]c(-c2cccc(NC(=O)c3cccc(NC(=O)OC(C)(C)C)c3)c2)n1. The molecule has 0 aliphatic rings. The van der Waals surface area contributed by atoms with Crippen LogP contribution < -0.4 is 16.2 Å². The fourth-order valence-electron chi connectivity index (χ4n) is 2.82. The molecule has 0 radical (unpaired) electrons. The zero-order valence-corrected chi connectivity index (χ0v) is 17.8. The molecule has 1 aromatic heterocycles. The maximum Gasteiger partial charge on any atom is 0.412 e. The van der Waals surface area contributed by atoms with Crippen LogP contribution in [0.2, 0.25) is 0 Å². The molecule has 0 spiro atoms. The van der Waals surface area contributed by atoms with E-state index in [1.54, 1.807) is 76.2 Å². The summed E-state index contributed by atoms with van der Waals surface area (Å²) in [7, 11) is 0. The fourth-order valence-corrected chi connectivity index (χ4v) is 2.82. The summed E-state index contributed by atoms with van der Waals surface area (Å²) in [5.74, 6) is 0.0698. The van der Waals surface area contributed by atoms with Crippen molar-refractivity contribution in [2.45, 2.75) is 33.3 Å². The normalized spacial score (nSPS) is 11.0. The van der Waals surface area contributed by atoms with Gasteiger partial charge in [0.2, 0.25) is 0 Å². The summed E-state index contributed by atoms with van der Waals surface area (Å²) in [4.78, 5) is 43.4. The Morgan fingerprint density at radius 2 is 1.65 bits per heavy atom. The van der Waals surface area contributed by atoms with Gasteiger partial charge in [-0.25, -0.2) is 9.78 Å². The van der Waals surface area contributed by atoms with Gasteiger partial charge in [-0.3, -0.25) is 14.9 Å². The van der Waals surface area contributed by atoms with Gasteiger partial charge in [-0.1, -0.05) is 18.2 Å². The molecule has 8 heteroatoms. The van der Waals surface area contributed by atoms with E-state index in [2.05, 4.69) is 20.6 Å². The molecule has 8 nitrogen and oxygen atoms in total. The quantitative estimate of drug-likeness (QED) is 0.581. The highest BCUT2D eigenvalue weighted by atomic mass is 16.6. The molecule has 0 saturated carbocycles. The summed E-state index contributed by atoms with van der Waals surface area (Å²) in [5.41, 5.74) is 1.74. The molecule has 0 unspecified atom stereocenters. The van der Waals surface area contributed by atoms with E-state index in [9.17, 15) is 14.4 Å². The minimum absolute atomic E-state index is 0.244. The Morgan fingerprint density at radius 3 is 2.32 bits per heavy atom. The summed E-state index contributed by atoms with van der Waals surface area (Å²) >= 11 is 0. The number of nitrogens with zero attached hydrogens (tertiary/aromatic N) is 1. The predicted molar refractivity (Wildman–Crippen MR) is 119 cm³/mol. The Kier molecular flexibility index (Phi) is 6.20. The minimum Gasteiger partial charge on any atom is -0.444 e. The van der Waals surface area contributed by atoms with Crippen molar-refractivity contribution in [1.82, 2.24) is 9.97 Å². The molecular formula is C23H24N4O4. The molecule has 2 aromatic carbocycles. The maximum absolute atomic E-state index is 12.7. The standard InChI is InChI=1S/C23H24N4O4/c1-14-11-19(28)27-20(24-14)15-7-5-9-17(12-15)25-21(29)16-8-6-10-18(13-16)26-22(30)31-23(2,3)4/h5-13H,1-4H3,(H,25,29)(H,26,30)(H,24,27,28). The fraction of sp³-hybridized carbons (Fsp3) is 0.217. The lowest BCUT2D eigenvalue weighted by atomic mass is 10.1. The Morgan fingerprint density at radius 1 is 0.968 bits per heavy atom. The lowest BCUT2D eigenvalue weighted by Gasteiger charge is -2.19. The molecule has 0 aliphatic heterocycles. The number of anilines is 2. The van der Waals surface area contributed by atoms with Gasteiger partial charge in [0.05, 0.1) is 0 Å². The van der Waals surface area contributed by atoms with E-state index in [0.717, 1.165) is 0 Å². The van der Waals surface area contributed by atoms with Gasteiger partial charge in [-0.2, -0.15) is 0 Å². The van der Waals surface area contributed by atoms with E-state index in [1.165, 1.54) is 6.07 Å². The number of ether oxygens (including phenoxy) is 1. The third-order valence-electron chi connectivity index (χ3n) is 4.03. The van der Waals surface area contributed by atoms with Crippen LogP contribution in [0.5, 0.6) is 0 Å². The molecule has 1 heterocycles. The molecule has 160 valence electrons. The van der Waals surface area contributed by atoms with Crippen molar-refractivity contribution in [3.8, 4) is 11.4 Å². The van der Waals surface area contributed by atoms with Gasteiger partial charge in [0.15, 0.2) is 0 Å². The summed E-state index contributed by atoms with van der Waals surface area (Å²) in [6, 6.07) is 14.9. The van der Waals surface area contributed by atoms with Gasteiger partial charge in [0.25, 0.3) is 11.5 Å². The van der Waals surface area contributed by atoms with Crippen molar-refractivity contribution in [1.29, 1.82) is 0 Å². The van der Waals surface area contributed by atoms with Crippen molar-refractivity contribution >= 4 is 23.4 Å². The van der Waals surface area contributed by atoms with E-state index in [4.69, 9.17) is 4.74 Å². The number of hydrogen-bond acceptors (Lipinski definition) is 5. The second-order valence-electron chi connectivity index (χ2n) is 7.98. The number of amides is 2. The number of nitrogens with one attached hydrogen (secondary N) is 3. The molecule has 0 aliphatic carbocycles. The van der Waals surface area contributed by atoms with E-state index in [-0.39, 0.29) is 11.5 Å². The highest BCUT2D eigenvalue weighted by molar-refractivity contribution is 6.05. The van der Waals surface area contributed by atoms with E-state index in [0.29, 0.717) is 34.0 Å². The van der Waals surface area contributed by atoms with Gasteiger partial charge in [-0.05, 0) is 58.0 Å². The Balaban J connectivity index is 1.75. The molecule has 0 saturated heterocycles. The number of H-pyrrole nitrogens is 1. The molecule has 0 atom stereocenters. The zero-order chi connectivity index (χ0) is 22.6. The van der Waals surface area contributed by atoms with Crippen LogP contribution in [-0.2, 0) is 4.74 Å². The third-order valence-corrected chi connectivity index (χ3v) is 4.03. The molecule has 2 amide bonds. The van der Waals surface area contributed by atoms with Crippen molar-refractivity contribution in [3.63, 3.8) is 0 Å². The monoisotopic (exact) mass is 420 g/mol. The Bertz CT molecular complexity index is 1180. The first-order valence-electron chi connectivity index (χ1n) is 9.69. The first-order valence-corrected chi connectivity index (χ1v) is 9.69. The lowest BCUT2D eigenvalue weighted by Crippen LogP contribution is -2.27. The largest absolute Gasteiger partial charge is 0.444 e. The van der Waals surface area contributed by atoms with Gasteiger partial charge < -0.3 is 15.0 Å². The number of hydrogen-bond donors (Lipinski definition) is 3. The highest BCUT2D eigenvalue weighted by Gasteiger charge is 2.16. The van der Waals surface area contributed by atoms with Crippen LogP contribution >= 0.6 is 0 Å². The van der Waals surface area contributed by atoms with Gasteiger partial charge in [-0.15, -0.1) is 0 Å². The van der Waals surface area contributed by atoms with Crippen LogP contribution in [0.25, 0.3) is 11.4 Å². The van der Waals surface area contributed by atoms with E-state index in [1.807, 2.05) is 0 Å². The summed E-state index contributed by atoms with van der Waals surface area (Å²) in [6.45, 7) is 7.05. The average molecular weight is 420 g/mol. The minimum atomic E-state index is -0.624. The van der Waals surface area contributed by atoms with Crippen LogP contribution in [0.15, 0.2) is 59.4 Å². The molecule has 3 aromatic rings. The predicted octanol–water partition coefficient (Wildman–Crippen LogP) is 4.34. The molecule has 0 bridgehead atoms. The zero-order valence-electron chi connectivity index (χ0n) is 17.8. The smallest absolute Gasteiger partial charge is 0.412 e. The maximum atomic E-state index is 12.7.